The molecule has 17 heavy (non-hydrogen) atoms. The second-order valence-electron chi connectivity index (χ2n) is 3.42. The van der Waals surface area contributed by atoms with Crippen LogP contribution in [0.15, 0.2) is 35.5 Å². The third kappa shape index (κ3) is 2.84. The molecule has 1 aromatic heterocycles. The number of rotatable bonds is 2. The lowest BCUT2D eigenvalue weighted by Crippen LogP contribution is -2.22. The molecule has 0 atom stereocenters. The second-order valence-corrected chi connectivity index (χ2v) is 4.99. The van der Waals surface area contributed by atoms with Crippen LogP contribution in [-0.2, 0) is 6.54 Å². The lowest BCUT2D eigenvalue weighted by atomic mass is 10.2. The summed E-state index contributed by atoms with van der Waals surface area (Å²) in [6.07, 6.45) is 2.92. The summed E-state index contributed by atoms with van der Waals surface area (Å²) in [5, 5.41) is 0.0712. The average Bonchev–Trinajstić information content (AvgIpc) is 2.30. The number of hydrogen-bond donors (Lipinski definition) is 0. The SMILES string of the molecule is O=c1c(I)cncn1Cc1ccc(Cl)c(F)c1. The van der Waals surface area contributed by atoms with E-state index in [9.17, 15) is 9.18 Å². The molecule has 0 aliphatic carbocycles. The number of halogens is 3. The first-order valence-electron chi connectivity index (χ1n) is 4.72. The van der Waals surface area contributed by atoms with E-state index in [2.05, 4.69) is 4.98 Å². The summed E-state index contributed by atoms with van der Waals surface area (Å²) in [5.41, 5.74) is 0.522. The lowest BCUT2D eigenvalue weighted by molar-refractivity contribution is 0.622. The van der Waals surface area contributed by atoms with Crippen molar-refractivity contribution in [3.63, 3.8) is 0 Å². The Kier molecular flexibility index (Phi) is 3.78. The maximum Gasteiger partial charge on any atom is 0.267 e. The second kappa shape index (κ2) is 5.14. The molecule has 1 heterocycles. The molecule has 0 aliphatic heterocycles. The van der Waals surface area contributed by atoms with Crippen molar-refractivity contribution in [2.75, 3.05) is 0 Å². The van der Waals surface area contributed by atoms with Gasteiger partial charge in [0.25, 0.3) is 5.56 Å². The van der Waals surface area contributed by atoms with Gasteiger partial charge in [-0.25, -0.2) is 9.37 Å². The van der Waals surface area contributed by atoms with Crippen molar-refractivity contribution in [2.45, 2.75) is 6.54 Å². The summed E-state index contributed by atoms with van der Waals surface area (Å²) in [6, 6.07) is 4.46. The highest BCUT2D eigenvalue weighted by molar-refractivity contribution is 14.1. The maximum atomic E-state index is 13.2. The van der Waals surface area contributed by atoms with E-state index in [0.29, 0.717) is 9.13 Å². The summed E-state index contributed by atoms with van der Waals surface area (Å²) in [7, 11) is 0. The minimum Gasteiger partial charge on any atom is -0.294 e. The molecular weight excluding hydrogens is 357 g/mol. The first-order valence-corrected chi connectivity index (χ1v) is 6.17. The monoisotopic (exact) mass is 364 g/mol. The number of aromatic nitrogens is 2. The van der Waals surface area contributed by atoms with Crippen molar-refractivity contribution in [2.24, 2.45) is 0 Å². The summed E-state index contributed by atoms with van der Waals surface area (Å²) < 4.78 is 15.2. The molecular formula is C11H7ClFIN2O. The molecule has 88 valence electrons. The molecule has 1 aromatic carbocycles. The fraction of sp³-hybridized carbons (Fsp3) is 0.0909. The van der Waals surface area contributed by atoms with Crippen molar-refractivity contribution >= 4 is 34.2 Å². The van der Waals surface area contributed by atoms with Crippen molar-refractivity contribution in [3.8, 4) is 0 Å². The van der Waals surface area contributed by atoms with Gasteiger partial charge >= 0.3 is 0 Å². The lowest BCUT2D eigenvalue weighted by Gasteiger charge is -2.06. The fourth-order valence-electron chi connectivity index (χ4n) is 1.37. The predicted molar refractivity (Wildman–Crippen MR) is 71.7 cm³/mol. The number of hydrogen-bond acceptors (Lipinski definition) is 2. The minimum atomic E-state index is -0.490. The van der Waals surface area contributed by atoms with Gasteiger partial charge in [-0.15, -0.1) is 0 Å². The van der Waals surface area contributed by atoms with Crippen LogP contribution >= 0.6 is 34.2 Å². The standard InChI is InChI=1S/C11H7ClFIN2O/c12-8-2-1-7(3-9(8)13)5-16-6-15-4-10(14)11(16)17/h1-4,6H,5H2. The Morgan fingerprint density at radius 1 is 1.47 bits per heavy atom. The molecule has 2 rings (SSSR count). The van der Waals surface area contributed by atoms with Crippen LogP contribution in [0.25, 0.3) is 0 Å². The maximum absolute atomic E-state index is 13.2. The van der Waals surface area contributed by atoms with Crippen LogP contribution < -0.4 is 5.56 Å². The highest BCUT2D eigenvalue weighted by atomic mass is 127. The molecule has 0 amide bonds. The normalized spacial score (nSPS) is 10.5. The Labute approximate surface area is 115 Å². The zero-order chi connectivity index (χ0) is 12.4. The summed E-state index contributed by atoms with van der Waals surface area (Å²) in [5.74, 6) is -0.490. The molecule has 0 unspecified atom stereocenters. The molecule has 3 nitrogen and oxygen atoms in total. The predicted octanol–water partition coefficient (Wildman–Crippen LogP) is 2.69. The molecule has 0 radical (unpaired) electrons. The average molecular weight is 365 g/mol. The molecule has 2 aromatic rings. The third-order valence-corrected chi connectivity index (χ3v) is 3.24. The number of benzene rings is 1. The topological polar surface area (TPSA) is 34.9 Å². The van der Waals surface area contributed by atoms with Gasteiger partial charge in [-0.2, -0.15) is 0 Å². The van der Waals surface area contributed by atoms with Gasteiger partial charge in [0.2, 0.25) is 0 Å². The Hall–Kier alpha value is -0.950. The number of nitrogens with zero attached hydrogens (tertiary/aromatic N) is 2. The van der Waals surface area contributed by atoms with E-state index in [4.69, 9.17) is 11.6 Å². The van der Waals surface area contributed by atoms with Gasteiger partial charge in [0.15, 0.2) is 0 Å². The van der Waals surface area contributed by atoms with Gasteiger partial charge in [0.05, 0.1) is 21.5 Å². The van der Waals surface area contributed by atoms with Crippen molar-refractivity contribution in [1.29, 1.82) is 0 Å². The Balaban J connectivity index is 2.35. The van der Waals surface area contributed by atoms with E-state index in [1.807, 2.05) is 22.6 Å². The highest BCUT2D eigenvalue weighted by Gasteiger charge is 2.04. The van der Waals surface area contributed by atoms with Crippen molar-refractivity contribution in [3.05, 3.63) is 61.1 Å². The Morgan fingerprint density at radius 2 is 2.24 bits per heavy atom. The van der Waals surface area contributed by atoms with Gasteiger partial charge < -0.3 is 0 Å². The van der Waals surface area contributed by atoms with Crippen LogP contribution in [0.1, 0.15) is 5.56 Å². The molecule has 6 heteroatoms. The summed E-state index contributed by atoms with van der Waals surface area (Å²) in [6.45, 7) is 0.275. The molecule has 0 bridgehead atoms. The van der Waals surface area contributed by atoms with Crippen molar-refractivity contribution in [1.82, 2.24) is 9.55 Å². The van der Waals surface area contributed by atoms with E-state index < -0.39 is 5.82 Å². The molecule has 0 saturated carbocycles. The molecule has 0 N–H and O–H groups in total. The van der Waals surface area contributed by atoms with E-state index >= 15 is 0 Å². The van der Waals surface area contributed by atoms with Crippen LogP contribution in [0.3, 0.4) is 0 Å². The van der Waals surface area contributed by atoms with Gasteiger partial charge in [0.1, 0.15) is 5.82 Å². The van der Waals surface area contributed by atoms with E-state index in [1.54, 1.807) is 6.07 Å². The fourth-order valence-corrected chi connectivity index (χ4v) is 1.96. The molecule has 0 saturated heterocycles. The third-order valence-electron chi connectivity index (χ3n) is 2.20. The molecule has 0 aliphatic rings. The summed E-state index contributed by atoms with van der Waals surface area (Å²) in [4.78, 5) is 15.6. The first-order chi connectivity index (χ1) is 8.08. The van der Waals surface area contributed by atoms with Crippen LogP contribution in [0.5, 0.6) is 0 Å². The smallest absolute Gasteiger partial charge is 0.267 e. The van der Waals surface area contributed by atoms with Gasteiger partial charge in [0, 0.05) is 6.20 Å². The summed E-state index contributed by atoms with van der Waals surface area (Å²) >= 11 is 7.50. The van der Waals surface area contributed by atoms with Crippen molar-refractivity contribution < 1.29 is 4.39 Å². The quantitative estimate of drug-likeness (QED) is 0.768. The van der Waals surface area contributed by atoms with E-state index in [-0.39, 0.29) is 17.1 Å². The van der Waals surface area contributed by atoms with Gasteiger partial charge in [-0.3, -0.25) is 9.36 Å². The Bertz CT molecular complexity index is 615. The Morgan fingerprint density at radius 3 is 2.94 bits per heavy atom. The zero-order valence-corrected chi connectivity index (χ0v) is 11.4. The molecule has 0 fully saturated rings. The minimum absolute atomic E-state index is 0.0712. The van der Waals surface area contributed by atoms with Gasteiger partial charge in [-0.1, -0.05) is 17.7 Å². The van der Waals surface area contributed by atoms with Gasteiger partial charge in [-0.05, 0) is 40.3 Å². The zero-order valence-electron chi connectivity index (χ0n) is 8.53. The van der Waals surface area contributed by atoms with Crippen LogP contribution in [0, 0.1) is 9.39 Å². The van der Waals surface area contributed by atoms with E-state index in [1.165, 1.54) is 29.2 Å². The first kappa shape index (κ1) is 12.5. The van der Waals surface area contributed by atoms with E-state index in [0.717, 1.165) is 0 Å². The van der Waals surface area contributed by atoms with Crippen LogP contribution in [-0.4, -0.2) is 9.55 Å². The van der Waals surface area contributed by atoms with Crippen LogP contribution in [0.4, 0.5) is 4.39 Å². The largest absolute Gasteiger partial charge is 0.294 e. The molecule has 0 spiro atoms. The van der Waals surface area contributed by atoms with Crippen LogP contribution in [0.2, 0.25) is 5.02 Å². The highest BCUT2D eigenvalue weighted by Crippen LogP contribution is 2.15.